The van der Waals surface area contributed by atoms with Crippen molar-refractivity contribution >= 4 is 5.91 Å². The van der Waals surface area contributed by atoms with Crippen molar-refractivity contribution in [3.8, 4) is 0 Å². The number of amides is 1. The van der Waals surface area contributed by atoms with Crippen LogP contribution in [0.25, 0.3) is 0 Å². The molecule has 0 radical (unpaired) electrons. The van der Waals surface area contributed by atoms with Gasteiger partial charge in [-0.1, -0.05) is 5.16 Å². The summed E-state index contributed by atoms with van der Waals surface area (Å²) in [5.74, 6) is 1.76. The van der Waals surface area contributed by atoms with Gasteiger partial charge in [-0.2, -0.15) is 4.98 Å². The molecule has 2 fully saturated rings. The number of aryl methyl sites for hydroxylation is 3. The van der Waals surface area contributed by atoms with Gasteiger partial charge in [0.15, 0.2) is 5.82 Å². The smallest absolute Gasteiger partial charge is 0.274 e. The molecule has 0 aromatic carbocycles. The Kier molecular flexibility index (Phi) is 4.22. The van der Waals surface area contributed by atoms with Gasteiger partial charge < -0.3 is 9.42 Å². The van der Waals surface area contributed by atoms with E-state index in [-0.39, 0.29) is 11.9 Å². The van der Waals surface area contributed by atoms with E-state index in [2.05, 4.69) is 25.0 Å². The van der Waals surface area contributed by atoms with Crippen molar-refractivity contribution in [3.63, 3.8) is 0 Å². The first kappa shape index (κ1) is 17.1. The van der Waals surface area contributed by atoms with Gasteiger partial charge in [-0.25, -0.2) is 4.98 Å². The normalized spacial score (nSPS) is 21.2. The van der Waals surface area contributed by atoms with E-state index in [9.17, 15) is 4.79 Å². The van der Waals surface area contributed by atoms with Gasteiger partial charge in [0.1, 0.15) is 11.7 Å². The summed E-state index contributed by atoms with van der Waals surface area (Å²) < 4.78 is 5.50. The highest BCUT2D eigenvalue weighted by atomic mass is 16.5. The fourth-order valence-electron chi connectivity index (χ4n) is 3.28. The lowest BCUT2D eigenvalue weighted by molar-refractivity contribution is 0.0482. The Morgan fingerprint density at radius 3 is 2.50 bits per heavy atom. The lowest BCUT2D eigenvalue weighted by Gasteiger charge is -2.37. The highest BCUT2D eigenvalue weighted by molar-refractivity contribution is 5.93. The zero-order valence-electron chi connectivity index (χ0n) is 15.7. The van der Waals surface area contributed by atoms with Gasteiger partial charge in [-0.05, 0) is 40.7 Å². The topological polar surface area (TPSA) is 88.3 Å². The highest BCUT2D eigenvalue weighted by Gasteiger charge is 2.35. The molecular formula is C18H24N6O2. The lowest BCUT2D eigenvalue weighted by Crippen LogP contribution is -2.49. The first-order valence-electron chi connectivity index (χ1n) is 9.09. The molecule has 0 spiro atoms. The molecule has 2 aromatic heterocycles. The number of carbonyl (C=O) groups excluding carboxylic acids is 1. The third-order valence-electron chi connectivity index (χ3n) is 5.30. The minimum absolute atomic E-state index is 0.0851. The summed E-state index contributed by atoms with van der Waals surface area (Å²) >= 11 is 0. The molecule has 2 aliphatic rings. The number of likely N-dealkylation sites (N-methyl/N-ethyl adjacent to an activating group) is 1. The minimum atomic E-state index is -0.0903. The largest absolute Gasteiger partial charge is 0.338 e. The summed E-state index contributed by atoms with van der Waals surface area (Å²) in [6.07, 6.45) is 2.27. The molecule has 1 aliphatic heterocycles. The Morgan fingerprint density at radius 2 is 1.77 bits per heavy atom. The maximum Gasteiger partial charge on any atom is 0.274 e. The maximum atomic E-state index is 13.0. The van der Waals surface area contributed by atoms with Crippen LogP contribution in [-0.2, 0) is 0 Å². The van der Waals surface area contributed by atoms with Crippen LogP contribution in [0.5, 0.6) is 0 Å². The van der Waals surface area contributed by atoms with Crippen molar-refractivity contribution in [1.82, 2.24) is 29.9 Å². The van der Waals surface area contributed by atoms with Crippen molar-refractivity contribution in [2.45, 2.75) is 45.6 Å². The SMILES string of the molecule is Cc1nc(C)c(C(=O)N2CCN(C)[C@@H](c3nc(C4CC4)no3)C2)nc1C. The van der Waals surface area contributed by atoms with Crippen molar-refractivity contribution in [3.05, 3.63) is 34.5 Å². The van der Waals surface area contributed by atoms with Gasteiger partial charge in [0.2, 0.25) is 5.89 Å². The summed E-state index contributed by atoms with van der Waals surface area (Å²) in [5, 5.41) is 4.11. The fraction of sp³-hybridized carbons (Fsp3) is 0.611. The van der Waals surface area contributed by atoms with Gasteiger partial charge in [-0.15, -0.1) is 0 Å². The Hall–Kier alpha value is -2.35. The second kappa shape index (κ2) is 6.42. The van der Waals surface area contributed by atoms with Crippen LogP contribution in [-0.4, -0.2) is 62.5 Å². The van der Waals surface area contributed by atoms with Gasteiger partial charge in [0.05, 0.1) is 17.1 Å². The molecule has 26 heavy (non-hydrogen) atoms. The van der Waals surface area contributed by atoms with E-state index in [1.165, 1.54) is 0 Å². The van der Waals surface area contributed by atoms with Crippen molar-refractivity contribution in [2.75, 3.05) is 26.7 Å². The first-order chi connectivity index (χ1) is 12.4. The molecule has 138 valence electrons. The molecule has 1 saturated carbocycles. The third kappa shape index (κ3) is 3.09. The van der Waals surface area contributed by atoms with E-state index >= 15 is 0 Å². The van der Waals surface area contributed by atoms with E-state index in [0.29, 0.717) is 36.3 Å². The average Bonchev–Trinajstić information content (AvgIpc) is 3.35. The Balaban J connectivity index is 1.55. The van der Waals surface area contributed by atoms with Crippen LogP contribution in [0, 0.1) is 20.8 Å². The number of piperazine rings is 1. The predicted octanol–water partition coefficient (Wildman–Crippen LogP) is 1.79. The molecule has 1 atom stereocenters. The van der Waals surface area contributed by atoms with Crippen molar-refractivity contribution in [2.24, 2.45) is 0 Å². The molecule has 1 aliphatic carbocycles. The van der Waals surface area contributed by atoms with Crippen LogP contribution in [0.2, 0.25) is 0 Å². The monoisotopic (exact) mass is 356 g/mol. The van der Waals surface area contributed by atoms with Crippen LogP contribution in [0.3, 0.4) is 0 Å². The quantitative estimate of drug-likeness (QED) is 0.828. The summed E-state index contributed by atoms with van der Waals surface area (Å²) in [4.78, 5) is 30.5. The standard InChI is InChI=1S/C18H24N6O2/c1-10-11(2)20-15(12(3)19-10)18(25)24-8-7-23(4)14(9-24)17-21-16(22-26-17)13-5-6-13/h13-14H,5-9H2,1-4H3/t14-/m1/s1. The summed E-state index contributed by atoms with van der Waals surface area (Å²) in [5.41, 5.74) is 2.74. The number of hydrogen-bond acceptors (Lipinski definition) is 7. The number of hydrogen-bond donors (Lipinski definition) is 0. The lowest BCUT2D eigenvalue weighted by atomic mass is 10.1. The molecule has 0 bridgehead atoms. The molecular weight excluding hydrogens is 332 g/mol. The number of rotatable bonds is 3. The van der Waals surface area contributed by atoms with Gasteiger partial charge >= 0.3 is 0 Å². The van der Waals surface area contributed by atoms with Crippen LogP contribution in [0.15, 0.2) is 4.52 Å². The summed E-state index contributed by atoms with van der Waals surface area (Å²) in [6, 6.07) is -0.0903. The molecule has 8 heteroatoms. The van der Waals surface area contributed by atoms with E-state index in [0.717, 1.165) is 36.6 Å². The Labute approximate surface area is 152 Å². The Bertz CT molecular complexity index is 844. The first-order valence-corrected chi connectivity index (χ1v) is 9.09. The van der Waals surface area contributed by atoms with Crippen LogP contribution < -0.4 is 0 Å². The predicted molar refractivity (Wildman–Crippen MR) is 93.8 cm³/mol. The second-order valence-electron chi connectivity index (χ2n) is 7.34. The van der Waals surface area contributed by atoms with Crippen LogP contribution >= 0.6 is 0 Å². The molecule has 1 saturated heterocycles. The summed E-state index contributed by atoms with van der Waals surface area (Å²) in [7, 11) is 2.02. The second-order valence-corrected chi connectivity index (χ2v) is 7.34. The van der Waals surface area contributed by atoms with E-state index in [4.69, 9.17) is 4.52 Å². The van der Waals surface area contributed by atoms with Gasteiger partial charge in [0.25, 0.3) is 5.91 Å². The number of carbonyl (C=O) groups is 1. The zero-order chi connectivity index (χ0) is 18.4. The van der Waals surface area contributed by atoms with Gasteiger partial charge in [0, 0.05) is 25.6 Å². The molecule has 0 N–H and O–H groups in total. The maximum absolute atomic E-state index is 13.0. The van der Waals surface area contributed by atoms with E-state index in [1.807, 2.05) is 32.7 Å². The highest BCUT2D eigenvalue weighted by Crippen LogP contribution is 2.38. The zero-order valence-corrected chi connectivity index (χ0v) is 15.7. The number of aromatic nitrogens is 4. The minimum Gasteiger partial charge on any atom is -0.338 e. The molecule has 8 nitrogen and oxygen atoms in total. The Morgan fingerprint density at radius 1 is 1.04 bits per heavy atom. The van der Waals surface area contributed by atoms with E-state index in [1.54, 1.807) is 0 Å². The molecule has 0 unspecified atom stereocenters. The molecule has 4 rings (SSSR count). The van der Waals surface area contributed by atoms with Crippen molar-refractivity contribution in [1.29, 1.82) is 0 Å². The fourth-order valence-corrected chi connectivity index (χ4v) is 3.28. The molecule has 2 aromatic rings. The van der Waals surface area contributed by atoms with E-state index < -0.39 is 0 Å². The van der Waals surface area contributed by atoms with Gasteiger partial charge in [-0.3, -0.25) is 14.7 Å². The molecule has 3 heterocycles. The molecule has 1 amide bonds. The van der Waals surface area contributed by atoms with Crippen LogP contribution in [0.1, 0.15) is 64.1 Å². The third-order valence-corrected chi connectivity index (χ3v) is 5.30. The van der Waals surface area contributed by atoms with Crippen LogP contribution in [0.4, 0.5) is 0 Å². The average molecular weight is 356 g/mol. The van der Waals surface area contributed by atoms with Crippen molar-refractivity contribution < 1.29 is 9.32 Å². The summed E-state index contributed by atoms with van der Waals surface area (Å²) in [6.45, 7) is 7.51. The number of nitrogens with zero attached hydrogens (tertiary/aromatic N) is 6.